The summed E-state index contributed by atoms with van der Waals surface area (Å²) in [6.07, 6.45) is 9.80. The molecule has 268 valence electrons. The second-order valence-corrected chi connectivity index (χ2v) is 12.3. The highest BCUT2D eigenvalue weighted by atomic mass is 19.1. The van der Waals surface area contributed by atoms with E-state index < -0.39 is 5.82 Å². The number of ether oxygens (including phenoxy) is 4. The molecule has 0 heterocycles. The molecule has 3 aromatic rings. The van der Waals surface area contributed by atoms with Gasteiger partial charge in [-0.15, -0.1) is 0 Å². The maximum atomic E-state index is 14.8. The van der Waals surface area contributed by atoms with Crippen molar-refractivity contribution in [3.8, 4) is 35.2 Å². The number of benzene rings is 3. The SMILES string of the molecule is C=C(C)C(=O)OCCCCCCCOc1ccc(C#Cc2ccc(C#Cc3ccc(OCCCCCCCOC(=O)C(=C)C)cc3)c(F)c2)cc1. The quantitative estimate of drug-likeness (QED) is 0.0509. The van der Waals surface area contributed by atoms with E-state index in [2.05, 4.69) is 36.8 Å². The molecular weight excluding hydrogens is 643 g/mol. The van der Waals surface area contributed by atoms with Crippen LogP contribution in [0.1, 0.15) is 100 Å². The van der Waals surface area contributed by atoms with Crippen molar-refractivity contribution >= 4 is 11.9 Å². The van der Waals surface area contributed by atoms with Gasteiger partial charge in [0.25, 0.3) is 0 Å². The lowest BCUT2D eigenvalue weighted by Gasteiger charge is -2.07. The lowest BCUT2D eigenvalue weighted by molar-refractivity contribution is -0.139. The summed E-state index contributed by atoms with van der Waals surface area (Å²) in [5, 5.41) is 0. The molecule has 0 bridgehead atoms. The Morgan fingerprint density at radius 3 is 1.33 bits per heavy atom. The molecule has 0 aliphatic heterocycles. The molecule has 0 radical (unpaired) electrons. The molecule has 6 nitrogen and oxygen atoms in total. The first-order valence-corrected chi connectivity index (χ1v) is 17.7. The number of hydrogen-bond donors (Lipinski definition) is 0. The van der Waals surface area contributed by atoms with Crippen LogP contribution in [0.5, 0.6) is 11.5 Å². The Morgan fingerprint density at radius 1 is 0.529 bits per heavy atom. The molecule has 0 aromatic heterocycles. The van der Waals surface area contributed by atoms with Crippen molar-refractivity contribution in [3.63, 3.8) is 0 Å². The standard InChI is InChI=1S/C44H49FO6/c1-34(2)43(46)50-31-13-9-5-7-11-29-48-40-25-19-36(20-26-40)15-16-38-18-24-39(42(45)33-38)23-17-37-21-27-41(28-22-37)49-30-12-8-6-10-14-32-51-44(47)35(3)4/h18-22,24-28,33H,1,3,5-14,29-32H2,2,4H3. The highest BCUT2D eigenvalue weighted by Gasteiger charge is 2.04. The van der Waals surface area contributed by atoms with E-state index in [0.717, 1.165) is 86.8 Å². The minimum absolute atomic E-state index is 0.306. The first-order chi connectivity index (χ1) is 24.7. The van der Waals surface area contributed by atoms with Gasteiger partial charge in [0.1, 0.15) is 17.3 Å². The average molecular weight is 693 g/mol. The van der Waals surface area contributed by atoms with Gasteiger partial charge >= 0.3 is 11.9 Å². The van der Waals surface area contributed by atoms with Crippen LogP contribution in [0.15, 0.2) is 91.0 Å². The molecule has 0 N–H and O–H groups in total. The molecule has 0 saturated heterocycles. The van der Waals surface area contributed by atoms with E-state index in [1.54, 1.807) is 26.0 Å². The fourth-order valence-corrected chi connectivity index (χ4v) is 4.67. The highest BCUT2D eigenvalue weighted by molar-refractivity contribution is 5.87. The van der Waals surface area contributed by atoms with Gasteiger partial charge in [0.2, 0.25) is 0 Å². The van der Waals surface area contributed by atoms with Crippen molar-refractivity contribution in [2.75, 3.05) is 26.4 Å². The van der Waals surface area contributed by atoms with Gasteiger partial charge in [-0.2, -0.15) is 0 Å². The number of carbonyl (C=O) groups is 2. The van der Waals surface area contributed by atoms with Crippen molar-refractivity contribution in [2.24, 2.45) is 0 Å². The number of halogens is 1. The zero-order valence-corrected chi connectivity index (χ0v) is 30.0. The molecule has 3 aromatic carbocycles. The van der Waals surface area contributed by atoms with Gasteiger partial charge in [-0.05, 0) is 106 Å². The van der Waals surface area contributed by atoms with Gasteiger partial charge in [0.05, 0.1) is 32.0 Å². The molecule has 0 aliphatic carbocycles. The Kier molecular flexibility index (Phi) is 18.3. The van der Waals surface area contributed by atoms with Crippen LogP contribution >= 0.6 is 0 Å². The first-order valence-electron chi connectivity index (χ1n) is 17.7. The Hall–Kier alpha value is -5.27. The van der Waals surface area contributed by atoms with Crippen LogP contribution in [-0.4, -0.2) is 38.4 Å². The minimum atomic E-state index is -0.419. The summed E-state index contributed by atoms with van der Waals surface area (Å²) in [4.78, 5) is 22.7. The van der Waals surface area contributed by atoms with Crippen LogP contribution in [0.3, 0.4) is 0 Å². The van der Waals surface area contributed by atoms with E-state index in [1.165, 1.54) is 6.07 Å². The zero-order valence-electron chi connectivity index (χ0n) is 30.0. The number of rotatable bonds is 20. The van der Waals surface area contributed by atoms with Gasteiger partial charge < -0.3 is 18.9 Å². The Labute approximate surface area is 303 Å². The van der Waals surface area contributed by atoms with E-state index in [1.807, 2.05) is 48.5 Å². The van der Waals surface area contributed by atoms with Gasteiger partial charge in [0, 0.05) is 27.8 Å². The molecular formula is C44H49FO6. The monoisotopic (exact) mass is 692 g/mol. The van der Waals surface area contributed by atoms with Gasteiger partial charge in [0.15, 0.2) is 0 Å². The van der Waals surface area contributed by atoms with Crippen molar-refractivity contribution in [1.29, 1.82) is 0 Å². The van der Waals surface area contributed by atoms with Crippen LogP contribution < -0.4 is 9.47 Å². The van der Waals surface area contributed by atoms with Crippen molar-refractivity contribution in [2.45, 2.75) is 78.1 Å². The Bertz CT molecular complexity index is 1700. The molecule has 0 aliphatic rings. The molecule has 7 heteroatoms. The van der Waals surface area contributed by atoms with Crippen LogP contribution in [0.4, 0.5) is 4.39 Å². The molecule has 3 rings (SSSR count). The number of unbranched alkanes of at least 4 members (excludes halogenated alkanes) is 8. The van der Waals surface area contributed by atoms with E-state index >= 15 is 0 Å². The topological polar surface area (TPSA) is 71.1 Å². The van der Waals surface area contributed by atoms with Crippen molar-refractivity contribution < 1.29 is 32.9 Å². The van der Waals surface area contributed by atoms with E-state index in [0.29, 0.717) is 48.7 Å². The van der Waals surface area contributed by atoms with E-state index in [-0.39, 0.29) is 11.9 Å². The molecule has 0 atom stereocenters. The predicted octanol–water partition coefficient (Wildman–Crippen LogP) is 9.52. The Balaban J connectivity index is 1.32. The fraction of sp³-hybridized carbons (Fsp3) is 0.364. The van der Waals surface area contributed by atoms with E-state index in [9.17, 15) is 14.0 Å². The van der Waals surface area contributed by atoms with Gasteiger partial charge in [-0.3, -0.25) is 0 Å². The van der Waals surface area contributed by atoms with Crippen LogP contribution in [0.2, 0.25) is 0 Å². The number of hydrogen-bond acceptors (Lipinski definition) is 6. The molecule has 0 fully saturated rings. The van der Waals surface area contributed by atoms with Crippen LogP contribution in [-0.2, 0) is 19.1 Å². The third-order valence-corrected chi connectivity index (χ3v) is 7.65. The summed E-state index contributed by atoms with van der Waals surface area (Å²) in [6, 6.07) is 19.8. The summed E-state index contributed by atoms with van der Waals surface area (Å²) in [5.74, 6) is 12.5. The van der Waals surface area contributed by atoms with Gasteiger partial charge in [-0.1, -0.05) is 75.4 Å². The summed E-state index contributed by atoms with van der Waals surface area (Å²) >= 11 is 0. The number of esters is 2. The number of carbonyl (C=O) groups excluding carboxylic acids is 2. The Morgan fingerprint density at radius 2 is 0.902 bits per heavy atom. The molecule has 0 unspecified atom stereocenters. The minimum Gasteiger partial charge on any atom is -0.494 e. The molecule has 0 spiro atoms. The molecule has 51 heavy (non-hydrogen) atoms. The maximum Gasteiger partial charge on any atom is 0.333 e. The highest BCUT2D eigenvalue weighted by Crippen LogP contribution is 2.16. The largest absolute Gasteiger partial charge is 0.494 e. The maximum absolute atomic E-state index is 14.8. The van der Waals surface area contributed by atoms with Crippen LogP contribution in [0, 0.1) is 29.5 Å². The van der Waals surface area contributed by atoms with Crippen molar-refractivity contribution in [3.05, 3.63) is 119 Å². The molecule has 0 amide bonds. The molecule has 0 saturated carbocycles. The second-order valence-electron chi connectivity index (χ2n) is 12.3. The average Bonchev–Trinajstić information content (AvgIpc) is 3.12. The first kappa shape index (κ1) is 40.2. The van der Waals surface area contributed by atoms with Crippen LogP contribution in [0.25, 0.3) is 0 Å². The lowest BCUT2D eigenvalue weighted by atomic mass is 10.1. The summed E-state index contributed by atoms with van der Waals surface area (Å²) in [6.45, 7) is 12.6. The smallest absolute Gasteiger partial charge is 0.333 e. The van der Waals surface area contributed by atoms with Crippen molar-refractivity contribution in [1.82, 2.24) is 0 Å². The van der Waals surface area contributed by atoms with Gasteiger partial charge in [-0.25, -0.2) is 14.0 Å². The zero-order chi connectivity index (χ0) is 36.7. The summed E-state index contributed by atoms with van der Waals surface area (Å²) in [7, 11) is 0. The lowest BCUT2D eigenvalue weighted by Crippen LogP contribution is -2.06. The fourth-order valence-electron chi connectivity index (χ4n) is 4.67. The predicted molar refractivity (Wildman–Crippen MR) is 200 cm³/mol. The second kappa shape index (κ2) is 23.2. The summed E-state index contributed by atoms with van der Waals surface area (Å²) in [5.41, 5.74) is 3.30. The third-order valence-electron chi connectivity index (χ3n) is 7.65. The van der Waals surface area contributed by atoms with E-state index in [4.69, 9.17) is 18.9 Å². The third kappa shape index (κ3) is 16.8. The normalized spacial score (nSPS) is 10.2. The summed E-state index contributed by atoms with van der Waals surface area (Å²) < 4.78 is 36.7.